The summed E-state index contributed by atoms with van der Waals surface area (Å²) in [5.41, 5.74) is 8.36. The molecule has 1 atom stereocenters. The Hall–Kier alpha value is -2.63. The normalized spacial score (nSPS) is 12.4. The summed E-state index contributed by atoms with van der Waals surface area (Å²) < 4.78 is 0. The maximum atomic E-state index is 6.01. The molecule has 0 fully saturated rings. The average Bonchev–Trinajstić information content (AvgIpc) is 3.16. The van der Waals surface area contributed by atoms with Crippen molar-refractivity contribution in [1.82, 2.24) is 15.2 Å². The van der Waals surface area contributed by atoms with Crippen molar-refractivity contribution >= 4 is 22.1 Å². The number of nitrogens with zero attached hydrogens (tertiary/aromatic N) is 3. The van der Waals surface area contributed by atoms with Crippen molar-refractivity contribution in [2.75, 3.05) is 6.54 Å². The first-order chi connectivity index (χ1) is 12.3. The Bertz CT molecular complexity index is 981. The van der Waals surface area contributed by atoms with Gasteiger partial charge in [0.1, 0.15) is 10.0 Å². The van der Waals surface area contributed by atoms with Crippen LogP contribution in [0.3, 0.4) is 0 Å². The van der Waals surface area contributed by atoms with E-state index in [-0.39, 0.29) is 5.92 Å². The second kappa shape index (κ2) is 7.09. The Kier molecular flexibility index (Phi) is 4.50. The molecule has 124 valence electrons. The predicted molar refractivity (Wildman–Crippen MR) is 103 cm³/mol. The smallest absolute Gasteiger partial charge is 0.147 e. The van der Waals surface area contributed by atoms with Crippen LogP contribution in [0, 0.1) is 0 Å². The van der Waals surface area contributed by atoms with Gasteiger partial charge >= 0.3 is 0 Å². The SMILES string of the molecule is NCC(Cc1ccccc1)c1nnc(-c2ccc3cnccc3c2)s1. The van der Waals surface area contributed by atoms with E-state index in [1.807, 2.05) is 24.5 Å². The second-order valence-electron chi connectivity index (χ2n) is 6.01. The Morgan fingerprint density at radius 3 is 2.68 bits per heavy atom. The molecule has 0 bridgehead atoms. The van der Waals surface area contributed by atoms with E-state index in [2.05, 4.69) is 57.6 Å². The van der Waals surface area contributed by atoms with Crippen molar-refractivity contribution < 1.29 is 0 Å². The summed E-state index contributed by atoms with van der Waals surface area (Å²) >= 11 is 1.63. The summed E-state index contributed by atoms with van der Waals surface area (Å²) in [6.45, 7) is 0.562. The van der Waals surface area contributed by atoms with Gasteiger partial charge in [0.2, 0.25) is 0 Å². The Balaban J connectivity index is 1.61. The maximum Gasteiger partial charge on any atom is 0.147 e. The van der Waals surface area contributed by atoms with E-state index in [1.54, 1.807) is 11.3 Å². The van der Waals surface area contributed by atoms with E-state index in [0.29, 0.717) is 6.54 Å². The van der Waals surface area contributed by atoms with Crippen LogP contribution in [-0.4, -0.2) is 21.7 Å². The molecule has 5 heteroatoms. The van der Waals surface area contributed by atoms with Crippen molar-refractivity contribution in [2.24, 2.45) is 5.73 Å². The van der Waals surface area contributed by atoms with E-state index >= 15 is 0 Å². The van der Waals surface area contributed by atoms with Gasteiger partial charge in [-0.05, 0) is 29.5 Å². The summed E-state index contributed by atoms with van der Waals surface area (Å²) in [6, 6.07) is 18.7. The fourth-order valence-corrected chi connectivity index (χ4v) is 3.86. The molecule has 0 aliphatic carbocycles. The second-order valence-corrected chi connectivity index (χ2v) is 7.01. The molecule has 0 saturated carbocycles. The lowest BCUT2D eigenvalue weighted by atomic mass is 10.0. The molecule has 0 spiro atoms. The fraction of sp³-hybridized carbons (Fsp3) is 0.150. The van der Waals surface area contributed by atoms with Gasteiger partial charge in [0.15, 0.2) is 0 Å². The van der Waals surface area contributed by atoms with Crippen molar-refractivity contribution in [1.29, 1.82) is 0 Å². The third kappa shape index (κ3) is 3.43. The van der Waals surface area contributed by atoms with E-state index in [4.69, 9.17) is 5.73 Å². The van der Waals surface area contributed by atoms with Crippen LogP contribution >= 0.6 is 11.3 Å². The van der Waals surface area contributed by atoms with Crippen LogP contribution in [0.5, 0.6) is 0 Å². The Labute approximate surface area is 150 Å². The van der Waals surface area contributed by atoms with Crippen LogP contribution < -0.4 is 5.73 Å². The molecule has 25 heavy (non-hydrogen) atoms. The molecule has 4 aromatic rings. The van der Waals surface area contributed by atoms with Gasteiger partial charge in [0.25, 0.3) is 0 Å². The van der Waals surface area contributed by atoms with Crippen LogP contribution in [0.4, 0.5) is 0 Å². The highest BCUT2D eigenvalue weighted by atomic mass is 32.1. The summed E-state index contributed by atoms with van der Waals surface area (Å²) in [5, 5.41) is 13.0. The summed E-state index contributed by atoms with van der Waals surface area (Å²) in [5.74, 6) is 0.193. The zero-order valence-electron chi connectivity index (χ0n) is 13.7. The number of hydrogen-bond donors (Lipinski definition) is 1. The predicted octanol–water partition coefficient (Wildman–Crippen LogP) is 4.04. The van der Waals surface area contributed by atoms with Gasteiger partial charge in [-0.1, -0.05) is 53.8 Å². The number of hydrogen-bond acceptors (Lipinski definition) is 5. The standard InChI is InChI=1S/C20H18N4S/c21-12-18(10-14-4-2-1-3-5-14)20-24-23-19(25-20)16-6-7-17-13-22-9-8-15(17)11-16/h1-9,11,13,18H,10,12,21H2. The van der Waals surface area contributed by atoms with Crippen molar-refractivity contribution in [3.05, 3.63) is 77.6 Å². The molecule has 2 aromatic carbocycles. The zero-order valence-corrected chi connectivity index (χ0v) is 14.5. The fourth-order valence-electron chi connectivity index (χ4n) is 2.90. The van der Waals surface area contributed by atoms with Crippen LogP contribution in [0.25, 0.3) is 21.3 Å². The molecular formula is C20H18N4S. The number of fused-ring (bicyclic) bond motifs is 1. The van der Waals surface area contributed by atoms with Crippen molar-refractivity contribution in [3.8, 4) is 10.6 Å². The molecule has 2 heterocycles. The lowest BCUT2D eigenvalue weighted by molar-refractivity contribution is 0.679. The van der Waals surface area contributed by atoms with E-state index < -0.39 is 0 Å². The summed E-state index contributed by atoms with van der Waals surface area (Å²) in [7, 11) is 0. The highest BCUT2D eigenvalue weighted by Gasteiger charge is 2.17. The largest absolute Gasteiger partial charge is 0.330 e. The quantitative estimate of drug-likeness (QED) is 0.592. The molecule has 0 amide bonds. The number of aromatic nitrogens is 3. The van der Waals surface area contributed by atoms with Gasteiger partial charge < -0.3 is 5.73 Å². The minimum absolute atomic E-state index is 0.193. The van der Waals surface area contributed by atoms with E-state index in [1.165, 1.54) is 5.56 Å². The molecule has 4 rings (SSSR count). The van der Waals surface area contributed by atoms with E-state index in [9.17, 15) is 0 Å². The van der Waals surface area contributed by atoms with Gasteiger partial charge in [0.05, 0.1) is 0 Å². The first-order valence-electron chi connectivity index (χ1n) is 8.25. The van der Waals surface area contributed by atoms with Gasteiger partial charge in [0, 0.05) is 35.8 Å². The molecule has 2 N–H and O–H groups in total. The molecule has 0 radical (unpaired) electrons. The van der Waals surface area contributed by atoms with Crippen LogP contribution in [-0.2, 0) is 6.42 Å². The van der Waals surface area contributed by atoms with Crippen LogP contribution in [0.1, 0.15) is 16.5 Å². The first kappa shape index (κ1) is 15.9. The highest BCUT2D eigenvalue weighted by Crippen LogP contribution is 2.30. The maximum absolute atomic E-state index is 6.01. The van der Waals surface area contributed by atoms with Crippen LogP contribution in [0.15, 0.2) is 67.0 Å². The van der Waals surface area contributed by atoms with Gasteiger partial charge in [-0.3, -0.25) is 4.98 Å². The van der Waals surface area contributed by atoms with Gasteiger partial charge in [-0.25, -0.2) is 0 Å². The third-order valence-corrected chi connectivity index (χ3v) is 5.42. The molecular weight excluding hydrogens is 328 g/mol. The van der Waals surface area contributed by atoms with Gasteiger partial charge in [-0.15, -0.1) is 10.2 Å². The van der Waals surface area contributed by atoms with Crippen molar-refractivity contribution in [3.63, 3.8) is 0 Å². The van der Waals surface area contributed by atoms with Crippen molar-refractivity contribution in [2.45, 2.75) is 12.3 Å². The van der Waals surface area contributed by atoms with Gasteiger partial charge in [-0.2, -0.15) is 0 Å². The lowest BCUT2D eigenvalue weighted by Crippen LogP contribution is -2.14. The first-order valence-corrected chi connectivity index (χ1v) is 9.06. The molecule has 0 saturated heterocycles. The number of nitrogens with two attached hydrogens (primary N) is 1. The Morgan fingerprint density at radius 2 is 1.84 bits per heavy atom. The lowest BCUT2D eigenvalue weighted by Gasteiger charge is -2.10. The zero-order chi connectivity index (χ0) is 17.1. The Morgan fingerprint density at radius 1 is 0.960 bits per heavy atom. The molecule has 0 aliphatic heterocycles. The number of benzene rings is 2. The molecule has 0 aliphatic rings. The highest BCUT2D eigenvalue weighted by molar-refractivity contribution is 7.14. The van der Waals surface area contributed by atoms with Crippen LogP contribution in [0.2, 0.25) is 0 Å². The number of rotatable bonds is 5. The topological polar surface area (TPSA) is 64.7 Å². The monoisotopic (exact) mass is 346 g/mol. The minimum Gasteiger partial charge on any atom is -0.330 e. The molecule has 4 nitrogen and oxygen atoms in total. The third-order valence-electron chi connectivity index (χ3n) is 4.29. The number of pyridine rings is 1. The summed E-state index contributed by atoms with van der Waals surface area (Å²) in [4.78, 5) is 4.15. The molecule has 1 unspecified atom stereocenters. The minimum atomic E-state index is 0.193. The molecule has 2 aromatic heterocycles. The summed E-state index contributed by atoms with van der Waals surface area (Å²) in [6.07, 6.45) is 4.56. The van der Waals surface area contributed by atoms with E-state index in [0.717, 1.165) is 32.8 Å². The average molecular weight is 346 g/mol.